The molecule has 1 aliphatic heterocycles. The number of rotatable bonds is 9. The van der Waals surface area contributed by atoms with Crippen LogP contribution in [0.4, 0.5) is 0 Å². The minimum atomic E-state index is -0.878. The molecule has 0 aliphatic carbocycles. The van der Waals surface area contributed by atoms with Crippen LogP contribution in [-0.4, -0.2) is 30.6 Å². The number of hydrogen-bond acceptors (Lipinski definition) is 3. The molecule has 1 rings (SSSR count). The first-order chi connectivity index (χ1) is 9.08. The summed E-state index contributed by atoms with van der Waals surface area (Å²) in [6.07, 6.45) is 9.53. The van der Waals surface area contributed by atoms with E-state index in [1.54, 1.807) is 6.92 Å². The summed E-state index contributed by atoms with van der Waals surface area (Å²) in [5.74, 6) is -0.845. The highest BCUT2D eigenvalue weighted by molar-refractivity contribution is 5.74. The molecule has 0 saturated carbocycles. The molecule has 0 atom stereocenters. The van der Waals surface area contributed by atoms with Crippen LogP contribution in [0.3, 0.4) is 0 Å². The minimum absolute atomic E-state index is 0.205. The summed E-state index contributed by atoms with van der Waals surface area (Å²) in [4.78, 5) is 11.0. The van der Waals surface area contributed by atoms with Crippen molar-refractivity contribution in [3.63, 3.8) is 0 Å². The Morgan fingerprint density at radius 1 is 1.11 bits per heavy atom. The van der Waals surface area contributed by atoms with Crippen molar-refractivity contribution in [3.8, 4) is 0 Å². The zero-order chi connectivity index (χ0) is 14.1. The van der Waals surface area contributed by atoms with Gasteiger partial charge in [-0.3, -0.25) is 4.79 Å². The van der Waals surface area contributed by atoms with Crippen LogP contribution < -0.4 is 0 Å². The second-order valence-electron chi connectivity index (χ2n) is 5.83. The van der Waals surface area contributed by atoms with E-state index in [2.05, 4.69) is 6.92 Å². The summed E-state index contributed by atoms with van der Waals surface area (Å²) in [5, 5.41) is 9.04. The summed E-state index contributed by atoms with van der Waals surface area (Å²) >= 11 is 0. The standard InChI is InChI=1S/C15H28O4/c1-3-4-5-6-7-8-9-10-13-18-11-15(2,12-19-13)14(16)17/h13H,3-12H2,1-2H3,(H,16,17). The molecule has 112 valence electrons. The average Bonchev–Trinajstić information content (AvgIpc) is 2.40. The first kappa shape index (κ1) is 16.4. The van der Waals surface area contributed by atoms with Gasteiger partial charge in [-0.05, 0) is 19.8 Å². The maximum atomic E-state index is 11.0. The molecule has 0 spiro atoms. The Bertz CT molecular complexity index is 257. The van der Waals surface area contributed by atoms with E-state index >= 15 is 0 Å². The molecule has 1 fully saturated rings. The monoisotopic (exact) mass is 272 g/mol. The number of carboxylic acids is 1. The van der Waals surface area contributed by atoms with Crippen LogP contribution in [0.5, 0.6) is 0 Å². The van der Waals surface area contributed by atoms with Gasteiger partial charge in [-0.2, -0.15) is 0 Å². The summed E-state index contributed by atoms with van der Waals surface area (Å²) in [5.41, 5.74) is -0.878. The predicted octanol–water partition coefficient (Wildman–Crippen LogP) is 3.59. The van der Waals surface area contributed by atoms with E-state index in [4.69, 9.17) is 14.6 Å². The highest BCUT2D eigenvalue weighted by atomic mass is 16.7. The van der Waals surface area contributed by atoms with Crippen LogP contribution in [0.1, 0.15) is 65.2 Å². The van der Waals surface area contributed by atoms with Crippen molar-refractivity contribution in [2.75, 3.05) is 13.2 Å². The van der Waals surface area contributed by atoms with E-state index in [1.165, 1.54) is 38.5 Å². The highest BCUT2D eigenvalue weighted by Gasteiger charge is 2.39. The van der Waals surface area contributed by atoms with E-state index in [-0.39, 0.29) is 19.5 Å². The first-order valence-corrected chi connectivity index (χ1v) is 7.55. The number of hydrogen-bond donors (Lipinski definition) is 1. The maximum absolute atomic E-state index is 11.0. The van der Waals surface area contributed by atoms with E-state index in [1.807, 2.05) is 0 Å². The summed E-state index contributed by atoms with van der Waals surface area (Å²) in [6, 6.07) is 0. The molecular weight excluding hydrogens is 244 g/mol. The van der Waals surface area contributed by atoms with Crippen molar-refractivity contribution in [3.05, 3.63) is 0 Å². The van der Waals surface area contributed by atoms with Gasteiger partial charge in [0.1, 0.15) is 5.41 Å². The molecule has 0 aromatic heterocycles. The van der Waals surface area contributed by atoms with E-state index in [0.717, 1.165) is 12.8 Å². The van der Waals surface area contributed by atoms with Crippen LogP contribution in [0.25, 0.3) is 0 Å². The van der Waals surface area contributed by atoms with E-state index < -0.39 is 11.4 Å². The van der Waals surface area contributed by atoms with E-state index in [0.29, 0.717) is 0 Å². The first-order valence-electron chi connectivity index (χ1n) is 7.55. The summed E-state index contributed by atoms with van der Waals surface area (Å²) in [6.45, 7) is 4.40. The number of aliphatic carboxylic acids is 1. The molecule has 1 aliphatic rings. The molecule has 4 nitrogen and oxygen atoms in total. The second-order valence-corrected chi connectivity index (χ2v) is 5.83. The van der Waals surface area contributed by atoms with Gasteiger partial charge in [0.25, 0.3) is 0 Å². The molecule has 0 radical (unpaired) electrons. The predicted molar refractivity (Wildman–Crippen MR) is 74.0 cm³/mol. The van der Waals surface area contributed by atoms with Gasteiger partial charge in [-0.25, -0.2) is 0 Å². The lowest BCUT2D eigenvalue weighted by molar-refractivity contribution is -0.232. The minimum Gasteiger partial charge on any atom is -0.481 e. The number of ether oxygens (including phenoxy) is 2. The molecule has 1 saturated heterocycles. The third-order valence-electron chi connectivity index (χ3n) is 3.74. The molecular formula is C15H28O4. The van der Waals surface area contributed by atoms with Gasteiger partial charge in [0.05, 0.1) is 13.2 Å². The van der Waals surface area contributed by atoms with Gasteiger partial charge in [0.2, 0.25) is 0 Å². The molecule has 4 heteroatoms. The van der Waals surface area contributed by atoms with Crippen molar-refractivity contribution in [2.24, 2.45) is 5.41 Å². The lowest BCUT2D eigenvalue weighted by atomic mass is 9.92. The van der Waals surface area contributed by atoms with Crippen LogP contribution in [0, 0.1) is 5.41 Å². The SMILES string of the molecule is CCCCCCCCCC1OCC(C)(C(=O)O)CO1. The Morgan fingerprint density at radius 3 is 2.16 bits per heavy atom. The molecule has 0 aromatic carbocycles. The number of unbranched alkanes of at least 4 members (excludes halogenated alkanes) is 6. The van der Waals surface area contributed by atoms with Crippen molar-refractivity contribution >= 4 is 5.97 Å². The zero-order valence-electron chi connectivity index (χ0n) is 12.3. The fraction of sp³-hybridized carbons (Fsp3) is 0.933. The lowest BCUT2D eigenvalue weighted by Gasteiger charge is -2.34. The van der Waals surface area contributed by atoms with Crippen LogP contribution in [0.15, 0.2) is 0 Å². The Morgan fingerprint density at radius 2 is 1.63 bits per heavy atom. The largest absolute Gasteiger partial charge is 0.481 e. The Balaban J connectivity index is 2.02. The summed E-state index contributed by atoms with van der Waals surface area (Å²) in [7, 11) is 0. The smallest absolute Gasteiger partial charge is 0.314 e. The molecule has 0 aromatic rings. The number of carboxylic acid groups (broad SMARTS) is 1. The van der Waals surface area contributed by atoms with Crippen LogP contribution in [-0.2, 0) is 14.3 Å². The van der Waals surface area contributed by atoms with Crippen molar-refractivity contribution in [1.82, 2.24) is 0 Å². The molecule has 0 bridgehead atoms. The van der Waals surface area contributed by atoms with Gasteiger partial charge >= 0.3 is 5.97 Å². The van der Waals surface area contributed by atoms with Gasteiger partial charge in [-0.15, -0.1) is 0 Å². The molecule has 1 N–H and O–H groups in total. The number of carbonyl (C=O) groups is 1. The Hall–Kier alpha value is -0.610. The molecule has 19 heavy (non-hydrogen) atoms. The third kappa shape index (κ3) is 5.91. The average molecular weight is 272 g/mol. The molecule has 1 heterocycles. The van der Waals surface area contributed by atoms with Crippen molar-refractivity contribution < 1.29 is 19.4 Å². The van der Waals surface area contributed by atoms with Crippen molar-refractivity contribution in [2.45, 2.75) is 71.5 Å². The maximum Gasteiger partial charge on any atom is 0.314 e. The van der Waals surface area contributed by atoms with Gasteiger partial charge < -0.3 is 14.6 Å². The van der Waals surface area contributed by atoms with E-state index in [9.17, 15) is 4.79 Å². The van der Waals surface area contributed by atoms with Crippen molar-refractivity contribution in [1.29, 1.82) is 0 Å². The third-order valence-corrected chi connectivity index (χ3v) is 3.74. The van der Waals surface area contributed by atoms with Gasteiger partial charge in [0, 0.05) is 0 Å². The quantitative estimate of drug-likeness (QED) is 0.652. The highest BCUT2D eigenvalue weighted by Crippen LogP contribution is 2.26. The fourth-order valence-electron chi connectivity index (χ4n) is 2.20. The zero-order valence-corrected chi connectivity index (χ0v) is 12.3. The normalized spacial score (nSPS) is 27.4. The topological polar surface area (TPSA) is 55.8 Å². The Kier molecular flexibility index (Phi) is 7.39. The second kappa shape index (κ2) is 8.54. The van der Waals surface area contributed by atoms with Crippen LogP contribution >= 0.6 is 0 Å². The Labute approximate surface area is 116 Å². The lowest BCUT2D eigenvalue weighted by Crippen LogP contribution is -2.45. The van der Waals surface area contributed by atoms with Gasteiger partial charge in [0.15, 0.2) is 6.29 Å². The molecule has 0 unspecified atom stereocenters. The van der Waals surface area contributed by atoms with Gasteiger partial charge in [-0.1, -0.05) is 45.4 Å². The summed E-state index contributed by atoms with van der Waals surface area (Å²) < 4.78 is 11.0. The molecule has 0 amide bonds. The van der Waals surface area contributed by atoms with Crippen LogP contribution in [0.2, 0.25) is 0 Å². The fourth-order valence-corrected chi connectivity index (χ4v) is 2.20.